The van der Waals surface area contributed by atoms with Crippen LogP contribution in [-0.2, 0) is 9.53 Å². The quantitative estimate of drug-likeness (QED) is 0.264. The van der Waals surface area contributed by atoms with Crippen LogP contribution in [-0.4, -0.2) is 22.8 Å². The summed E-state index contributed by atoms with van der Waals surface area (Å²) in [5.41, 5.74) is 0. The van der Waals surface area contributed by atoms with Crippen LogP contribution in [0.4, 0.5) is 0 Å². The van der Waals surface area contributed by atoms with E-state index in [1.165, 1.54) is 6.08 Å². The van der Waals surface area contributed by atoms with Crippen molar-refractivity contribution in [3.63, 3.8) is 0 Å². The van der Waals surface area contributed by atoms with E-state index in [2.05, 4.69) is 11.3 Å². The molecule has 10 heavy (non-hydrogen) atoms. The molecule has 0 spiro atoms. The number of esters is 1. The van der Waals surface area contributed by atoms with Crippen LogP contribution in [0, 0.1) is 0 Å². The summed E-state index contributed by atoms with van der Waals surface area (Å²) < 4.78 is 4.31. The summed E-state index contributed by atoms with van der Waals surface area (Å²) in [6.45, 7) is 3.29. The molecule has 0 bridgehead atoms. The number of carbonyl (C=O) groups excluding carboxylic acids is 1. The zero-order valence-electron chi connectivity index (χ0n) is 5.28. The van der Waals surface area contributed by atoms with Crippen LogP contribution < -0.4 is 0 Å². The van der Waals surface area contributed by atoms with Gasteiger partial charge in [0.2, 0.25) is 5.76 Å². The molecule has 0 unspecified atom stereocenters. The number of hydrogen-bond acceptors (Lipinski definition) is 4. The number of carbonyl (C=O) groups is 1. The Labute approximate surface area is 58.0 Å². The molecule has 0 saturated heterocycles. The third-order valence-electron chi connectivity index (χ3n) is 0.664. The molecule has 2 N–H and O–H groups in total. The van der Waals surface area contributed by atoms with Gasteiger partial charge >= 0.3 is 5.97 Å². The van der Waals surface area contributed by atoms with E-state index < -0.39 is 11.7 Å². The van der Waals surface area contributed by atoms with E-state index in [-0.39, 0.29) is 12.9 Å². The Morgan fingerprint density at radius 3 is 2.70 bits per heavy atom. The van der Waals surface area contributed by atoms with Gasteiger partial charge in [0.1, 0.15) is 12.9 Å². The predicted octanol–water partition coefficient (Wildman–Crippen LogP) is 0.673. The molecule has 0 amide bonds. The molecule has 0 saturated carbocycles. The largest absolute Gasteiger partial charge is 0.511 e. The highest BCUT2D eigenvalue weighted by molar-refractivity contribution is 5.85. The second-order valence-electron chi connectivity index (χ2n) is 1.40. The molecule has 0 aliphatic carbocycles. The summed E-state index contributed by atoms with van der Waals surface area (Å²) in [7, 11) is 0. The van der Waals surface area contributed by atoms with Crippen molar-refractivity contribution in [2.24, 2.45) is 0 Å². The summed E-state index contributed by atoms with van der Waals surface area (Å²) in [4.78, 5) is 10.4. The lowest BCUT2D eigenvalue weighted by Gasteiger charge is -1.97. The molecule has 4 heteroatoms. The molecule has 0 fully saturated rings. The summed E-state index contributed by atoms with van der Waals surface area (Å²) in [5.74, 6) is -1.79. The van der Waals surface area contributed by atoms with Gasteiger partial charge in [-0.1, -0.05) is 12.7 Å². The highest BCUT2D eigenvalue weighted by Crippen LogP contribution is 1.90. The Morgan fingerprint density at radius 1 is 1.70 bits per heavy atom. The maximum absolute atomic E-state index is 10.4. The fraction of sp³-hybridized carbons (Fsp3) is 0.167. The number of rotatable bonds is 3. The first-order valence-corrected chi connectivity index (χ1v) is 2.53. The van der Waals surface area contributed by atoms with Crippen LogP contribution in [0.15, 0.2) is 24.7 Å². The van der Waals surface area contributed by atoms with E-state index in [4.69, 9.17) is 10.2 Å². The van der Waals surface area contributed by atoms with Gasteiger partial charge in [0.05, 0.1) is 0 Å². The van der Waals surface area contributed by atoms with Gasteiger partial charge in [-0.3, -0.25) is 0 Å². The summed E-state index contributed by atoms with van der Waals surface area (Å²) in [5, 5.41) is 16.5. The lowest BCUT2D eigenvalue weighted by atomic mass is 10.5. The molecule has 0 radical (unpaired) electrons. The van der Waals surface area contributed by atoms with Gasteiger partial charge in [-0.2, -0.15) is 0 Å². The number of aliphatic hydroxyl groups is 2. The maximum Gasteiger partial charge on any atom is 0.377 e. The molecular weight excluding hydrogens is 136 g/mol. The smallest absolute Gasteiger partial charge is 0.377 e. The van der Waals surface area contributed by atoms with Crippen LogP contribution in [0.2, 0.25) is 0 Å². The first kappa shape index (κ1) is 8.55. The molecule has 4 nitrogen and oxygen atoms in total. The molecule has 0 aromatic heterocycles. The van der Waals surface area contributed by atoms with Crippen molar-refractivity contribution in [3.8, 4) is 0 Å². The van der Waals surface area contributed by atoms with Crippen LogP contribution in [0.1, 0.15) is 0 Å². The van der Waals surface area contributed by atoms with Crippen molar-refractivity contribution < 1.29 is 19.7 Å². The first-order valence-electron chi connectivity index (χ1n) is 2.53. The Bertz CT molecular complexity index is 159. The van der Waals surface area contributed by atoms with Crippen molar-refractivity contribution in [2.75, 3.05) is 6.61 Å². The van der Waals surface area contributed by atoms with Crippen molar-refractivity contribution in [3.05, 3.63) is 24.7 Å². The minimum Gasteiger partial charge on any atom is -0.511 e. The highest BCUT2D eigenvalue weighted by atomic mass is 16.5. The monoisotopic (exact) mass is 144 g/mol. The van der Waals surface area contributed by atoms with Gasteiger partial charge in [0, 0.05) is 0 Å². The summed E-state index contributed by atoms with van der Waals surface area (Å²) >= 11 is 0. The second-order valence-corrected chi connectivity index (χ2v) is 1.40. The number of ether oxygens (including phenoxy) is 1. The van der Waals surface area contributed by atoms with Crippen molar-refractivity contribution in [2.45, 2.75) is 0 Å². The highest BCUT2D eigenvalue weighted by Gasteiger charge is 2.06. The van der Waals surface area contributed by atoms with Crippen molar-refractivity contribution >= 4 is 5.97 Å². The minimum atomic E-state index is -0.970. The van der Waals surface area contributed by atoms with Crippen molar-refractivity contribution in [1.29, 1.82) is 0 Å². The van der Waals surface area contributed by atoms with E-state index in [0.717, 1.165) is 0 Å². The minimum absolute atomic E-state index is 0.0106. The molecule has 0 aliphatic heterocycles. The molecule has 56 valence electrons. The van der Waals surface area contributed by atoms with Crippen molar-refractivity contribution in [1.82, 2.24) is 0 Å². The van der Waals surface area contributed by atoms with Gasteiger partial charge in [0.25, 0.3) is 0 Å². The predicted molar refractivity (Wildman–Crippen MR) is 34.5 cm³/mol. The van der Waals surface area contributed by atoms with Gasteiger partial charge in [0.15, 0.2) is 0 Å². The topological polar surface area (TPSA) is 66.8 Å². The molecule has 0 aromatic carbocycles. The van der Waals surface area contributed by atoms with E-state index in [1.807, 2.05) is 0 Å². The third-order valence-corrected chi connectivity index (χ3v) is 0.664. The maximum atomic E-state index is 10.4. The Balaban J connectivity index is 3.74. The summed E-state index contributed by atoms with van der Waals surface area (Å²) in [6.07, 6.45) is 1.62. The number of hydrogen-bond donors (Lipinski definition) is 2. The molecule has 0 rings (SSSR count). The van der Waals surface area contributed by atoms with Gasteiger partial charge in [-0.25, -0.2) is 4.79 Å². The lowest BCUT2D eigenvalue weighted by molar-refractivity contribution is -0.141. The molecule has 0 aromatic rings. The van der Waals surface area contributed by atoms with Gasteiger partial charge in [-0.05, 0) is 0 Å². The second kappa shape index (κ2) is 4.43. The SMILES string of the molecule is C=CCOC(=O)C(O)=CO. The average molecular weight is 144 g/mol. The van der Waals surface area contributed by atoms with Crippen LogP contribution in [0.3, 0.4) is 0 Å². The van der Waals surface area contributed by atoms with E-state index in [9.17, 15) is 4.79 Å². The standard InChI is InChI=1S/C6H8O4/c1-2-3-10-6(9)5(8)4-7/h2,4,7-8H,1,3H2. The van der Waals surface area contributed by atoms with E-state index in [1.54, 1.807) is 0 Å². The van der Waals surface area contributed by atoms with Crippen LogP contribution in [0.5, 0.6) is 0 Å². The van der Waals surface area contributed by atoms with E-state index >= 15 is 0 Å². The fourth-order valence-electron chi connectivity index (χ4n) is 0.261. The normalized spacial score (nSPS) is 10.6. The third kappa shape index (κ3) is 2.76. The first-order chi connectivity index (χ1) is 4.72. The Kier molecular flexibility index (Phi) is 3.79. The molecule has 0 atom stereocenters. The van der Waals surface area contributed by atoms with E-state index in [0.29, 0.717) is 0 Å². The Hall–Kier alpha value is -1.45. The molecule has 0 heterocycles. The summed E-state index contributed by atoms with van der Waals surface area (Å²) in [6, 6.07) is 0. The van der Waals surface area contributed by atoms with Crippen LogP contribution in [0.25, 0.3) is 0 Å². The lowest BCUT2D eigenvalue weighted by Crippen LogP contribution is -2.07. The van der Waals surface area contributed by atoms with Gasteiger partial charge < -0.3 is 14.9 Å². The number of aliphatic hydroxyl groups excluding tert-OH is 2. The molecule has 0 aliphatic rings. The Morgan fingerprint density at radius 2 is 2.30 bits per heavy atom. The zero-order valence-corrected chi connectivity index (χ0v) is 5.28. The zero-order chi connectivity index (χ0) is 7.98. The average Bonchev–Trinajstić information content (AvgIpc) is 1.98. The van der Waals surface area contributed by atoms with Crippen LogP contribution >= 0.6 is 0 Å². The molecular formula is C6H8O4. The fourth-order valence-corrected chi connectivity index (χ4v) is 0.261. The van der Waals surface area contributed by atoms with Gasteiger partial charge in [-0.15, -0.1) is 0 Å².